The van der Waals surface area contributed by atoms with E-state index in [9.17, 15) is 9.90 Å². The maximum atomic E-state index is 11.7. The SMILES string of the molecule is COc1ccc(CNc2nccn3c(C4CCC(C)(C(=O)O)C4)nc(Br)c23)c(OC)c1. The van der Waals surface area contributed by atoms with Gasteiger partial charge in [0, 0.05) is 36.5 Å². The van der Waals surface area contributed by atoms with Crippen molar-refractivity contribution in [1.29, 1.82) is 0 Å². The fourth-order valence-electron chi connectivity index (χ4n) is 4.27. The molecular weight excluding hydrogens is 464 g/mol. The van der Waals surface area contributed by atoms with E-state index in [0.717, 1.165) is 34.8 Å². The second-order valence-electron chi connectivity index (χ2n) is 8.09. The van der Waals surface area contributed by atoms with Crippen molar-refractivity contribution in [3.05, 3.63) is 46.6 Å². The highest BCUT2D eigenvalue weighted by Gasteiger charge is 2.43. The third-order valence-electron chi connectivity index (χ3n) is 6.10. The molecule has 2 N–H and O–H groups in total. The minimum atomic E-state index is -0.743. The summed E-state index contributed by atoms with van der Waals surface area (Å²) < 4.78 is 13.4. The van der Waals surface area contributed by atoms with Crippen LogP contribution in [-0.4, -0.2) is 39.7 Å². The van der Waals surface area contributed by atoms with Crippen LogP contribution in [0.4, 0.5) is 5.82 Å². The smallest absolute Gasteiger partial charge is 0.309 e. The van der Waals surface area contributed by atoms with Gasteiger partial charge in [0.1, 0.15) is 27.4 Å². The van der Waals surface area contributed by atoms with Crippen LogP contribution < -0.4 is 14.8 Å². The lowest BCUT2D eigenvalue weighted by Gasteiger charge is -2.17. The van der Waals surface area contributed by atoms with E-state index in [2.05, 4.69) is 26.2 Å². The van der Waals surface area contributed by atoms with Gasteiger partial charge in [-0.15, -0.1) is 0 Å². The summed E-state index contributed by atoms with van der Waals surface area (Å²) in [6.07, 6.45) is 5.61. The first kappa shape index (κ1) is 21.4. The zero-order valence-corrected chi connectivity index (χ0v) is 19.3. The second kappa shape index (κ2) is 8.37. The summed E-state index contributed by atoms with van der Waals surface area (Å²) in [5.74, 6) is 2.34. The summed E-state index contributed by atoms with van der Waals surface area (Å²) >= 11 is 3.58. The van der Waals surface area contributed by atoms with Gasteiger partial charge >= 0.3 is 5.97 Å². The summed E-state index contributed by atoms with van der Waals surface area (Å²) in [6, 6.07) is 5.68. The van der Waals surface area contributed by atoms with E-state index in [4.69, 9.17) is 14.5 Å². The number of ether oxygens (including phenoxy) is 2. The first-order chi connectivity index (χ1) is 14.9. The number of carboxylic acids is 1. The highest BCUT2D eigenvalue weighted by Crippen LogP contribution is 2.47. The molecule has 2 aromatic heterocycles. The molecule has 31 heavy (non-hydrogen) atoms. The van der Waals surface area contributed by atoms with Crippen molar-refractivity contribution in [3.63, 3.8) is 0 Å². The molecule has 2 heterocycles. The number of hydrogen-bond donors (Lipinski definition) is 2. The van der Waals surface area contributed by atoms with Gasteiger partial charge in [-0.2, -0.15) is 0 Å². The van der Waals surface area contributed by atoms with Crippen LogP contribution in [0.25, 0.3) is 5.52 Å². The fourth-order valence-corrected chi connectivity index (χ4v) is 4.83. The van der Waals surface area contributed by atoms with Crippen LogP contribution in [0.15, 0.2) is 35.2 Å². The predicted molar refractivity (Wildman–Crippen MR) is 120 cm³/mol. The number of rotatable bonds is 7. The molecule has 164 valence electrons. The number of nitrogens with zero attached hydrogens (tertiary/aromatic N) is 3. The van der Waals surface area contributed by atoms with Gasteiger partial charge in [0.2, 0.25) is 0 Å². The van der Waals surface area contributed by atoms with E-state index >= 15 is 0 Å². The summed E-state index contributed by atoms with van der Waals surface area (Å²) in [4.78, 5) is 20.9. The van der Waals surface area contributed by atoms with E-state index in [1.807, 2.05) is 35.7 Å². The van der Waals surface area contributed by atoms with Gasteiger partial charge in [-0.1, -0.05) is 0 Å². The third kappa shape index (κ3) is 3.94. The number of imidazole rings is 1. The van der Waals surface area contributed by atoms with Crippen LogP contribution in [0.1, 0.15) is 43.5 Å². The summed E-state index contributed by atoms with van der Waals surface area (Å²) in [7, 11) is 3.25. The molecule has 0 spiro atoms. The van der Waals surface area contributed by atoms with Crippen molar-refractivity contribution in [2.45, 2.75) is 38.6 Å². The minimum Gasteiger partial charge on any atom is -0.497 e. The number of halogens is 1. The van der Waals surface area contributed by atoms with Gasteiger partial charge in [-0.3, -0.25) is 9.20 Å². The first-order valence-electron chi connectivity index (χ1n) is 10.1. The van der Waals surface area contributed by atoms with Crippen molar-refractivity contribution in [3.8, 4) is 11.5 Å². The molecule has 0 bridgehead atoms. The van der Waals surface area contributed by atoms with E-state index in [1.165, 1.54) is 0 Å². The molecular formula is C22H25BrN4O4. The molecule has 1 fully saturated rings. The predicted octanol–water partition coefficient (Wildman–Crippen LogP) is 4.48. The number of carboxylic acid groups (broad SMARTS) is 1. The van der Waals surface area contributed by atoms with Gasteiger partial charge in [-0.05, 0) is 54.2 Å². The number of hydrogen-bond acceptors (Lipinski definition) is 6. The van der Waals surface area contributed by atoms with E-state index < -0.39 is 11.4 Å². The number of methoxy groups -OCH3 is 2. The molecule has 0 saturated heterocycles. The summed E-state index contributed by atoms with van der Waals surface area (Å²) in [5.41, 5.74) is 1.09. The zero-order chi connectivity index (χ0) is 22.2. The Kier molecular flexibility index (Phi) is 5.79. The maximum Gasteiger partial charge on any atom is 0.309 e. The van der Waals surface area contributed by atoms with Crippen molar-refractivity contribution in [1.82, 2.24) is 14.4 Å². The van der Waals surface area contributed by atoms with Crippen molar-refractivity contribution >= 4 is 33.2 Å². The minimum absolute atomic E-state index is 0.0804. The molecule has 0 amide bonds. The Morgan fingerprint density at radius 3 is 2.87 bits per heavy atom. The summed E-state index contributed by atoms with van der Waals surface area (Å²) in [6.45, 7) is 2.32. The molecule has 1 saturated carbocycles. The normalized spacial score (nSPS) is 20.7. The number of nitrogens with one attached hydrogen (secondary N) is 1. The summed E-state index contributed by atoms with van der Waals surface area (Å²) in [5, 5.41) is 13.0. The van der Waals surface area contributed by atoms with E-state index in [-0.39, 0.29) is 5.92 Å². The number of benzene rings is 1. The maximum absolute atomic E-state index is 11.7. The topological polar surface area (TPSA) is 98.0 Å². The van der Waals surface area contributed by atoms with Gasteiger partial charge in [-0.25, -0.2) is 9.97 Å². The van der Waals surface area contributed by atoms with Crippen LogP contribution in [0, 0.1) is 5.41 Å². The zero-order valence-electron chi connectivity index (χ0n) is 17.7. The molecule has 8 nitrogen and oxygen atoms in total. The Balaban J connectivity index is 1.62. The molecule has 0 radical (unpaired) electrons. The molecule has 2 atom stereocenters. The lowest BCUT2D eigenvalue weighted by Crippen LogP contribution is -2.24. The molecule has 3 aromatic rings. The molecule has 9 heteroatoms. The van der Waals surface area contributed by atoms with Gasteiger partial charge in [0.25, 0.3) is 0 Å². The third-order valence-corrected chi connectivity index (χ3v) is 6.66. The number of anilines is 1. The first-order valence-corrected chi connectivity index (χ1v) is 10.9. The van der Waals surface area contributed by atoms with Crippen LogP contribution in [0.3, 0.4) is 0 Å². The number of aliphatic carboxylic acids is 1. The molecule has 4 rings (SSSR count). The molecule has 1 aliphatic carbocycles. The van der Waals surface area contributed by atoms with Crippen molar-refractivity contribution in [2.75, 3.05) is 19.5 Å². The van der Waals surface area contributed by atoms with Crippen LogP contribution >= 0.6 is 15.9 Å². The largest absolute Gasteiger partial charge is 0.497 e. The number of fused-ring (bicyclic) bond motifs is 1. The lowest BCUT2D eigenvalue weighted by atomic mass is 9.88. The van der Waals surface area contributed by atoms with Crippen LogP contribution in [-0.2, 0) is 11.3 Å². The Morgan fingerprint density at radius 1 is 1.39 bits per heavy atom. The van der Waals surface area contributed by atoms with Crippen LogP contribution in [0.5, 0.6) is 11.5 Å². The molecule has 0 aliphatic heterocycles. The van der Waals surface area contributed by atoms with Crippen molar-refractivity contribution in [2.24, 2.45) is 5.41 Å². The highest BCUT2D eigenvalue weighted by molar-refractivity contribution is 9.10. The number of carbonyl (C=O) groups is 1. The van der Waals surface area contributed by atoms with Gasteiger partial charge < -0.3 is 19.9 Å². The van der Waals surface area contributed by atoms with Gasteiger partial charge in [0.15, 0.2) is 5.82 Å². The monoisotopic (exact) mass is 488 g/mol. The Bertz CT molecular complexity index is 1130. The van der Waals surface area contributed by atoms with E-state index in [1.54, 1.807) is 20.4 Å². The Morgan fingerprint density at radius 2 is 2.19 bits per heavy atom. The van der Waals surface area contributed by atoms with Crippen LogP contribution in [0.2, 0.25) is 0 Å². The standard InChI is InChI=1S/C22H25BrN4O4/c1-22(21(28)29)7-6-13(11-22)20-26-18(23)17-19(24-8-9-27(17)20)25-12-14-4-5-15(30-2)10-16(14)31-3/h4-5,8-10,13H,6-7,11-12H2,1-3H3,(H,24,25)(H,28,29). The lowest BCUT2D eigenvalue weighted by molar-refractivity contribution is -0.147. The average molecular weight is 489 g/mol. The quantitative estimate of drug-likeness (QED) is 0.505. The fraction of sp³-hybridized carbons (Fsp3) is 0.409. The van der Waals surface area contributed by atoms with Gasteiger partial charge in [0.05, 0.1) is 19.6 Å². The Labute approximate surface area is 188 Å². The second-order valence-corrected chi connectivity index (χ2v) is 8.84. The molecule has 1 aromatic carbocycles. The van der Waals surface area contributed by atoms with Crippen molar-refractivity contribution < 1.29 is 19.4 Å². The molecule has 1 aliphatic rings. The van der Waals surface area contributed by atoms with E-state index in [0.29, 0.717) is 29.8 Å². The Hall–Kier alpha value is -2.81. The highest BCUT2D eigenvalue weighted by atomic mass is 79.9. The number of aromatic nitrogens is 3. The molecule has 2 unspecified atom stereocenters. The average Bonchev–Trinajstić information content (AvgIpc) is 3.33.